The Kier molecular flexibility index (Phi) is 8.78. The number of rotatable bonds is 6. The first-order valence-electron chi connectivity index (χ1n) is 13.1. The second-order valence-corrected chi connectivity index (χ2v) is 11.1. The molecule has 0 N–H and O–H groups in total. The normalized spacial score (nSPS) is 21.4. The van der Waals surface area contributed by atoms with Gasteiger partial charge >= 0.3 is 0 Å². The molecule has 36 heavy (non-hydrogen) atoms. The van der Waals surface area contributed by atoms with Crippen LogP contribution in [-0.2, 0) is 14.4 Å². The molecule has 4 rings (SSSR count). The summed E-state index contributed by atoms with van der Waals surface area (Å²) in [6, 6.07) is 7.31. The predicted octanol–water partition coefficient (Wildman–Crippen LogP) is 2.75. The van der Waals surface area contributed by atoms with Gasteiger partial charge in [0.1, 0.15) is 5.75 Å². The van der Waals surface area contributed by atoms with Crippen molar-refractivity contribution in [3.05, 3.63) is 29.3 Å². The minimum atomic E-state index is -0.311. The number of piperazine rings is 1. The summed E-state index contributed by atoms with van der Waals surface area (Å²) in [5.74, 6) is 1.16. The first-order valence-corrected chi connectivity index (χ1v) is 13.5. The molecule has 3 saturated heterocycles. The van der Waals surface area contributed by atoms with E-state index in [9.17, 15) is 14.4 Å². The molecule has 198 valence electrons. The lowest BCUT2D eigenvalue weighted by Crippen LogP contribution is -2.52. The molecule has 0 aliphatic carbocycles. The maximum Gasteiger partial charge on any atom is 0.225 e. The van der Waals surface area contributed by atoms with Crippen molar-refractivity contribution in [2.75, 3.05) is 66.0 Å². The topological polar surface area (TPSA) is 73.4 Å². The van der Waals surface area contributed by atoms with Crippen LogP contribution >= 0.6 is 11.6 Å². The molecule has 1 aromatic carbocycles. The summed E-state index contributed by atoms with van der Waals surface area (Å²) < 4.78 is 6.18. The second kappa shape index (κ2) is 11.8. The van der Waals surface area contributed by atoms with Crippen molar-refractivity contribution in [2.45, 2.75) is 39.0 Å². The average Bonchev–Trinajstić information content (AvgIpc) is 2.89. The number of carbonyl (C=O) groups is 3. The van der Waals surface area contributed by atoms with Gasteiger partial charge in [-0.3, -0.25) is 14.4 Å². The predicted molar refractivity (Wildman–Crippen MR) is 139 cm³/mol. The third-order valence-electron chi connectivity index (χ3n) is 8.17. The van der Waals surface area contributed by atoms with E-state index in [1.54, 1.807) is 19.1 Å². The van der Waals surface area contributed by atoms with Gasteiger partial charge in [0, 0.05) is 82.1 Å². The summed E-state index contributed by atoms with van der Waals surface area (Å²) in [7, 11) is 2.08. The van der Waals surface area contributed by atoms with Crippen LogP contribution in [0.4, 0.5) is 0 Å². The lowest BCUT2D eigenvalue weighted by molar-refractivity contribution is -0.144. The Morgan fingerprint density at radius 1 is 0.889 bits per heavy atom. The fraction of sp³-hybridized carbons (Fsp3) is 0.667. The van der Waals surface area contributed by atoms with Gasteiger partial charge in [-0.1, -0.05) is 11.6 Å². The van der Waals surface area contributed by atoms with Crippen molar-refractivity contribution in [1.29, 1.82) is 0 Å². The van der Waals surface area contributed by atoms with Crippen LogP contribution in [0.15, 0.2) is 24.3 Å². The zero-order valence-electron chi connectivity index (χ0n) is 21.6. The minimum absolute atomic E-state index is 0.0228. The first-order chi connectivity index (χ1) is 17.2. The highest BCUT2D eigenvalue weighted by atomic mass is 35.5. The van der Waals surface area contributed by atoms with Crippen LogP contribution in [0.5, 0.6) is 5.75 Å². The molecule has 0 spiro atoms. The highest BCUT2D eigenvalue weighted by Crippen LogP contribution is 2.37. The fourth-order valence-corrected chi connectivity index (χ4v) is 5.65. The summed E-state index contributed by atoms with van der Waals surface area (Å²) in [5, 5.41) is 0.656. The highest BCUT2D eigenvalue weighted by molar-refractivity contribution is 6.30. The Morgan fingerprint density at radius 3 is 2.08 bits per heavy atom. The molecule has 3 amide bonds. The van der Waals surface area contributed by atoms with Crippen LogP contribution in [0.3, 0.4) is 0 Å². The van der Waals surface area contributed by atoms with Gasteiger partial charge in [-0.25, -0.2) is 0 Å². The van der Waals surface area contributed by atoms with Gasteiger partial charge in [0.2, 0.25) is 17.7 Å². The van der Waals surface area contributed by atoms with Crippen molar-refractivity contribution in [1.82, 2.24) is 19.6 Å². The van der Waals surface area contributed by atoms with E-state index in [1.807, 2.05) is 26.8 Å². The van der Waals surface area contributed by atoms with Gasteiger partial charge in [0.05, 0.1) is 6.61 Å². The smallest absolute Gasteiger partial charge is 0.225 e. The van der Waals surface area contributed by atoms with Crippen LogP contribution in [0, 0.1) is 11.3 Å². The Labute approximate surface area is 219 Å². The maximum absolute atomic E-state index is 13.3. The van der Waals surface area contributed by atoms with E-state index in [0.29, 0.717) is 44.2 Å². The maximum atomic E-state index is 13.3. The van der Waals surface area contributed by atoms with E-state index >= 15 is 0 Å². The van der Waals surface area contributed by atoms with Crippen LogP contribution in [0.2, 0.25) is 5.02 Å². The number of ether oxygens (including phenoxy) is 1. The first kappa shape index (κ1) is 26.7. The lowest BCUT2D eigenvalue weighted by Gasteiger charge is -2.44. The van der Waals surface area contributed by atoms with E-state index in [0.717, 1.165) is 57.6 Å². The van der Waals surface area contributed by atoms with Crippen molar-refractivity contribution in [3.63, 3.8) is 0 Å². The number of likely N-dealkylation sites (N-methyl/N-ethyl adjacent to an activating group) is 1. The largest absolute Gasteiger partial charge is 0.493 e. The summed E-state index contributed by atoms with van der Waals surface area (Å²) >= 11 is 6.02. The fourth-order valence-electron chi connectivity index (χ4n) is 5.53. The highest BCUT2D eigenvalue weighted by Gasteiger charge is 2.41. The molecule has 0 saturated carbocycles. The molecule has 0 unspecified atom stereocenters. The van der Waals surface area contributed by atoms with Gasteiger partial charge in [0.25, 0.3) is 0 Å². The van der Waals surface area contributed by atoms with Crippen LogP contribution in [0.1, 0.15) is 39.0 Å². The number of carbonyl (C=O) groups excluding carboxylic acids is 3. The Morgan fingerprint density at radius 2 is 1.50 bits per heavy atom. The molecule has 0 radical (unpaired) electrons. The summed E-state index contributed by atoms with van der Waals surface area (Å²) in [5.41, 5.74) is -0.311. The summed E-state index contributed by atoms with van der Waals surface area (Å²) in [6.45, 7) is 7.89. The van der Waals surface area contributed by atoms with Crippen LogP contribution in [0.25, 0.3) is 0 Å². The van der Waals surface area contributed by atoms with Crippen molar-refractivity contribution < 1.29 is 19.1 Å². The number of benzene rings is 1. The average molecular weight is 519 g/mol. The quantitative estimate of drug-likeness (QED) is 0.579. The summed E-state index contributed by atoms with van der Waals surface area (Å²) in [4.78, 5) is 46.2. The van der Waals surface area contributed by atoms with Crippen LogP contribution in [-0.4, -0.2) is 103 Å². The van der Waals surface area contributed by atoms with Crippen molar-refractivity contribution >= 4 is 29.3 Å². The van der Waals surface area contributed by atoms with E-state index in [2.05, 4.69) is 11.9 Å². The number of halogens is 1. The molecule has 3 aliphatic rings. The number of amides is 3. The monoisotopic (exact) mass is 518 g/mol. The van der Waals surface area contributed by atoms with E-state index in [-0.39, 0.29) is 29.1 Å². The lowest BCUT2D eigenvalue weighted by atomic mass is 9.75. The Balaban J connectivity index is 1.38. The molecule has 0 atom stereocenters. The molecule has 0 aromatic heterocycles. The zero-order chi connectivity index (χ0) is 25.7. The van der Waals surface area contributed by atoms with Gasteiger partial charge in [0.15, 0.2) is 0 Å². The van der Waals surface area contributed by atoms with Gasteiger partial charge in [-0.15, -0.1) is 0 Å². The van der Waals surface area contributed by atoms with E-state index < -0.39 is 0 Å². The molecule has 8 nitrogen and oxygen atoms in total. The molecule has 3 heterocycles. The van der Waals surface area contributed by atoms with Crippen molar-refractivity contribution in [3.8, 4) is 5.75 Å². The zero-order valence-corrected chi connectivity index (χ0v) is 22.3. The third-order valence-corrected chi connectivity index (χ3v) is 8.42. The minimum Gasteiger partial charge on any atom is -0.493 e. The molecular formula is C27H39ClN4O4. The van der Waals surface area contributed by atoms with Gasteiger partial charge in [-0.05, 0) is 57.0 Å². The number of hydrogen-bond acceptors (Lipinski definition) is 5. The molecule has 0 bridgehead atoms. The van der Waals surface area contributed by atoms with E-state index in [1.165, 1.54) is 0 Å². The number of hydrogen-bond donors (Lipinski definition) is 0. The number of piperidine rings is 2. The SMILES string of the molecule is CC(=O)N1CCC(C(=O)N2CCC(COc3ccc(Cl)cc3)(CC(=O)N3CCN(C)CC3)CC2)CC1. The van der Waals surface area contributed by atoms with Crippen LogP contribution < -0.4 is 4.74 Å². The van der Waals surface area contributed by atoms with Gasteiger partial charge in [-0.2, -0.15) is 0 Å². The standard InChI is InChI=1S/C27H39ClN4O4/c1-21(33)30-11-7-22(8-12-30)26(35)32-13-9-27(10-14-32,20-36-24-5-3-23(28)4-6-24)19-25(34)31-17-15-29(2)16-18-31/h3-6,22H,7-20H2,1-2H3. The Bertz CT molecular complexity index is 916. The van der Waals surface area contributed by atoms with Crippen molar-refractivity contribution in [2.24, 2.45) is 11.3 Å². The number of nitrogens with zero attached hydrogens (tertiary/aromatic N) is 4. The molecule has 9 heteroatoms. The molecule has 3 fully saturated rings. The molecule has 1 aromatic rings. The number of likely N-dealkylation sites (tertiary alicyclic amines) is 2. The third kappa shape index (κ3) is 6.71. The summed E-state index contributed by atoms with van der Waals surface area (Å²) in [6.07, 6.45) is 3.35. The molecular weight excluding hydrogens is 480 g/mol. The van der Waals surface area contributed by atoms with Gasteiger partial charge < -0.3 is 24.3 Å². The second-order valence-electron chi connectivity index (χ2n) is 10.7. The Hall–Kier alpha value is -2.32. The van der Waals surface area contributed by atoms with E-state index in [4.69, 9.17) is 16.3 Å². The molecule has 3 aliphatic heterocycles.